The van der Waals surface area contributed by atoms with Crippen LogP contribution in [0.3, 0.4) is 0 Å². The molecule has 120 valence electrons. The van der Waals surface area contributed by atoms with Gasteiger partial charge in [-0.1, -0.05) is 46.2 Å². The average Bonchev–Trinajstić information content (AvgIpc) is 2.49. The van der Waals surface area contributed by atoms with Crippen molar-refractivity contribution in [2.75, 3.05) is 13.2 Å². The molecule has 1 aromatic rings. The topological polar surface area (TPSA) is 35.2 Å². The predicted octanol–water partition coefficient (Wildman–Crippen LogP) is 5.22. The fourth-order valence-electron chi connectivity index (χ4n) is 2.81. The van der Waals surface area contributed by atoms with E-state index in [0.29, 0.717) is 11.8 Å². The Hall–Kier alpha value is -1.02. The molecule has 1 atom stereocenters. The molecular formula is C19H33NO. The van der Waals surface area contributed by atoms with Crippen molar-refractivity contribution in [1.82, 2.24) is 0 Å². The van der Waals surface area contributed by atoms with Crippen molar-refractivity contribution in [3.8, 4) is 5.75 Å². The van der Waals surface area contributed by atoms with E-state index in [4.69, 9.17) is 10.5 Å². The van der Waals surface area contributed by atoms with Crippen LogP contribution in [-0.4, -0.2) is 13.2 Å². The highest BCUT2D eigenvalue weighted by atomic mass is 16.5. The molecular weight excluding hydrogens is 258 g/mol. The van der Waals surface area contributed by atoms with Crippen molar-refractivity contribution in [2.24, 2.45) is 5.73 Å². The Morgan fingerprint density at radius 1 is 1.10 bits per heavy atom. The number of hydrogen-bond acceptors (Lipinski definition) is 2. The van der Waals surface area contributed by atoms with Crippen LogP contribution in [0.15, 0.2) is 18.2 Å². The van der Waals surface area contributed by atoms with Crippen molar-refractivity contribution in [3.05, 3.63) is 29.3 Å². The SMILES string of the molecule is CCCOc1ccc(C(CCC)CCCN)cc1C(C)C. The van der Waals surface area contributed by atoms with Gasteiger partial charge in [-0.2, -0.15) is 0 Å². The van der Waals surface area contributed by atoms with E-state index in [1.165, 1.54) is 30.4 Å². The molecule has 0 saturated carbocycles. The highest BCUT2D eigenvalue weighted by molar-refractivity contribution is 5.40. The van der Waals surface area contributed by atoms with Crippen LogP contribution >= 0.6 is 0 Å². The summed E-state index contributed by atoms with van der Waals surface area (Å²) >= 11 is 0. The molecule has 0 aliphatic heterocycles. The quantitative estimate of drug-likeness (QED) is 0.641. The van der Waals surface area contributed by atoms with E-state index in [0.717, 1.165) is 31.7 Å². The summed E-state index contributed by atoms with van der Waals surface area (Å²) in [7, 11) is 0. The van der Waals surface area contributed by atoms with Gasteiger partial charge in [-0.3, -0.25) is 0 Å². The number of rotatable bonds is 10. The lowest BCUT2D eigenvalue weighted by atomic mass is 9.87. The van der Waals surface area contributed by atoms with Gasteiger partial charge in [-0.15, -0.1) is 0 Å². The highest BCUT2D eigenvalue weighted by Crippen LogP contribution is 2.33. The number of hydrogen-bond donors (Lipinski definition) is 1. The first-order valence-electron chi connectivity index (χ1n) is 8.60. The van der Waals surface area contributed by atoms with Gasteiger partial charge in [-0.25, -0.2) is 0 Å². The minimum atomic E-state index is 0.494. The Labute approximate surface area is 131 Å². The van der Waals surface area contributed by atoms with Gasteiger partial charge in [0.25, 0.3) is 0 Å². The van der Waals surface area contributed by atoms with Gasteiger partial charge < -0.3 is 10.5 Å². The van der Waals surface area contributed by atoms with Crippen LogP contribution < -0.4 is 10.5 Å². The zero-order valence-corrected chi connectivity index (χ0v) is 14.3. The summed E-state index contributed by atoms with van der Waals surface area (Å²) in [5.74, 6) is 2.19. The number of ether oxygens (including phenoxy) is 1. The molecule has 0 radical (unpaired) electrons. The zero-order chi connectivity index (χ0) is 15.7. The molecule has 0 spiro atoms. The minimum Gasteiger partial charge on any atom is -0.493 e. The lowest BCUT2D eigenvalue weighted by Gasteiger charge is -2.20. The van der Waals surface area contributed by atoms with Crippen LogP contribution in [0.4, 0.5) is 0 Å². The zero-order valence-electron chi connectivity index (χ0n) is 14.3. The molecule has 0 heterocycles. The summed E-state index contributed by atoms with van der Waals surface area (Å²) in [4.78, 5) is 0. The maximum Gasteiger partial charge on any atom is 0.122 e. The molecule has 1 rings (SSSR count). The Kier molecular flexibility index (Phi) is 8.44. The largest absolute Gasteiger partial charge is 0.493 e. The molecule has 0 bridgehead atoms. The van der Waals surface area contributed by atoms with Crippen molar-refractivity contribution < 1.29 is 4.74 Å². The third kappa shape index (κ3) is 5.70. The first kappa shape index (κ1) is 18.0. The predicted molar refractivity (Wildman–Crippen MR) is 92.3 cm³/mol. The summed E-state index contributed by atoms with van der Waals surface area (Å²) in [6, 6.07) is 6.80. The van der Waals surface area contributed by atoms with Gasteiger partial charge in [0.1, 0.15) is 5.75 Å². The molecule has 0 aliphatic rings. The molecule has 2 nitrogen and oxygen atoms in total. The summed E-state index contributed by atoms with van der Waals surface area (Å²) < 4.78 is 5.90. The van der Waals surface area contributed by atoms with Crippen LogP contribution in [0.25, 0.3) is 0 Å². The van der Waals surface area contributed by atoms with Crippen molar-refractivity contribution in [2.45, 2.75) is 71.6 Å². The molecule has 1 aromatic carbocycles. The third-order valence-corrected chi connectivity index (χ3v) is 3.98. The first-order chi connectivity index (χ1) is 10.1. The van der Waals surface area contributed by atoms with E-state index in [-0.39, 0.29) is 0 Å². The highest BCUT2D eigenvalue weighted by Gasteiger charge is 2.15. The first-order valence-corrected chi connectivity index (χ1v) is 8.60. The Balaban J connectivity index is 2.97. The van der Waals surface area contributed by atoms with E-state index >= 15 is 0 Å². The van der Waals surface area contributed by atoms with Crippen LogP contribution in [0, 0.1) is 0 Å². The van der Waals surface area contributed by atoms with Crippen molar-refractivity contribution >= 4 is 0 Å². The van der Waals surface area contributed by atoms with E-state index < -0.39 is 0 Å². The standard InChI is InChI=1S/C19H33NO/c1-5-8-16(9-7-12-20)17-10-11-19(21-13-6-2)18(14-17)15(3)4/h10-11,14-16H,5-9,12-13,20H2,1-4H3. The Bertz CT molecular complexity index is 401. The summed E-state index contributed by atoms with van der Waals surface area (Å²) in [5.41, 5.74) is 8.49. The van der Waals surface area contributed by atoms with Gasteiger partial charge in [-0.05, 0) is 61.3 Å². The van der Waals surface area contributed by atoms with Crippen molar-refractivity contribution in [1.29, 1.82) is 0 Å². The normalized spacial score (nSPS) is 12.7. The smallest absolute Gasteiger partial charge is 0.122 e. The fraction of sp³-hybridized carbons (Fsp3) is 0.684. The van der Waals surface area contributed by atoms with Crippen molar-refractivity contribution in [3.63, 3.8) is 0 Å². The van der Waals surface area contributed by atoms with Gasteiger partial charge in [0.2, 0.25) is 0 Å². The van der Waals surface area contributed by atoms with Crippen LogP contribution in [0.5, 0.6) is 5.75 Å². The Morgan fingerprint density at radius 2 is 1.86 bits per heavy atom. The molecule has 0 aliphatic carbocycles. The molecule has 2 heteroatoms. The summed E-state index contributed by atoms with van der Waals surface area (Å²) in [6.07, 6.45) is 5.81. The van der Waals surface area contributed by atoms with Gasteiger partial charge in [0.15, 0.2) is 0 Å². The lowest BCUT2D eigenvalue weighted by Crippen LogP contribution is -2.06. The molecule has 0 aromatic heterocycles. The second kappa shape index (κ2) is 9.83. The van der Waals surface area contributed by atoms with E-state index in [1.54, 1.807) is 0 Å². The molecule has 0 amide bonds. The lowest BCUT2D eigenvalue weighted by molar-refractivity contribution is 0.313. The van der Waals surface area contributed by atoms with Gasteiger partial charge in [0, 0.05) is 0 Å². The minimum absolute atomic E-state index is 0.494. The molecule has 0 fully saturated rings. The maximum atomic E-state index is 5.90. The van der Waals surface area contributed by atoms with Crippen LogP contribution in [0.1, 0.15) is 82.8 Å². The average molecular weight is 291 g/mol. The molecule has 1 unspecified atom stereocenters. The summed E-state index contributed by atoms with van der Waals surface area (Å²) in [5, 5.41) is 0. The molecule has 21 heavy (non-hydrogen) atoms. The van der Waals surface area contributed by atoms with E-state index in [1.807, 2.05) is 0 Å². The summed E-state index contributed by atoms with van der Waals surface area (Å²) in [6.45, 7) is 10.5. The second-order valence-corrected chi connectivity index (χ2v) is 6.22. The monoisotopic (exact) mass is 291 g/mol. The van der Waals surface area contributed by atoms with Gasteiger partial charge >= 0.3 is 0 Å². The van der Waals surface area contributed by atoms with E-state index in [9.17, 15) is 0 Å². The maximum absolute atomic E-state index is 5.90. The molecule has 2 N–H and O–H groups in total. The number of benzene rings is 1. The Morgan fingerprint density at radius 3 is 2.43 bits per heavy atom. The van der Waals surface area contributed by atoms with Crippen LogP contribution in [-0.2, 0) is 0 Å². The van der Waals surface area contributed by atoms with Gasteiger partial charge in [0.05, 0.1) is 6.61 Å². The third-order valence-electron chi connectivity index (χ3n) is 3.98. The number of nitrogens with two attached hydrogens (primary N) is 1. The van der Waals surface area contributed by atoms with E-state index in [2.05, 4.69) is 45.9 Å². The fourth-order valence-corrected chi connectivity index (χ4v) is 2.81. The van der Waals surface area contributed by atoms with Crippen LogP contribution in [0.2, 0.25) is 0 Å². The second-order valence-electron chi connectivity index (χ2n) is 6.22. The molecule has 0 saturated heterocycles.